The molecule has 0 atom stereocenters. The second-order valence-electron chi connectivity index (χ2n) is 4.51. The fraction of sp³-hybridized carbons (Fsp3) is 0.188. The summed E-state index contributed by atoms with van der Waals surface area (Å²) in [6.45, 7) is 0.234. The van der Waals surface area contributed by atoms with E-state index >= 15 is 0 Å². The van der Waals surface area contributed by atoms with Gasteiger partial charge in [0.25, 0.3) is 5.91 Å². The zero-order valence-electron chi connectivity index (χ0n) is 12.2. The van der Waals surface area contributed by atoms with E-state index in [4.69, 9.17) is 4.74 Å². The summed E-state index contributed by atoms with van der Waals surface area (Å²) >= 11 is 0. The van der Waals surface area contributed by atoms with E-state index in [1.165, 1.54) is 7.11 Å². The number of rotatable bonds is 6. The Morgan fingerprint density at radius 1 is 1.14 bits per heavy atom. The minimum atomic E-state index is -0.327. The van der Waals surface area contributed by atoms with Gasteiger partial charge in [-0.05, 0) is 30.3 Å². The molecule has 22 heavy (non-hydrogen) atoms. The molecule has 2 rings (SSSR count). The monoisotopic (exact) mass is 299 g/mol. The summed E-state index contributed by atoms with van der Waals surface area (Å²) in [5, 5.41) is 5.25. The van der Waals surface area contributed by atoms with Crippen molar-refractivity contribution in [3.63, 3.8) is 0 Å². The summed E-state index contributed by atoms with van der Waals surface area (Å²) in [4.78, 5) is 27.7. The molecule has 6 nitrogen and oxygen atoms in total. The van der Waals surface area contributed by atoms with Crippen LogP contribution in [0.4, 0.5) is 0 Å². The maximum absolute atomic E-state index is 11.9. The van der Waals surface area contributed by atoms with E-state index in [1.807, 2.05) is 12.1 Å². The molecule has 6 heteroatoms. The lowest BCUT2D eigenvalue weighted by atomic mass is 10.2. The average molecular weight is 299 g/mol. The van der Waals surface area contributed by atoms with Crippen molar-refractivity contribution in [2.24, 2.45) is 0 Å². The van der Waals surface area contributed by atoms with Gasteiger partial charge >= 0.3 is 0 Å². The first-order chi connectivity index (χ1) is 10.7. The molecule has 114 valence electrons. The first-order valence-corrected chi connectivity index (χ1v) is 6.78. The Kier molecular flexibility index (Phi) is 5.48. The molecule has 2 amide bonds. The molecular weight excluding hydrogens is 282 g/mol. The molecule has 0 spiro atoms. The van der Waals surface area contributed by atoms with E-state index in [9.17, 15) is 9.59 Å². The van der Waals surface area contributed by atoms with Crippen LogP contribution < -0.4 is 15.4 Å². The number of hydrogen-bond acceptors (Lipinski definition) is 4. The molecule has 2 N–H and O–H groups in total. The molecule has 1 aromatic carbocycles. The number of carbonyl (C=O) groups excluding carboxylic acids is 2. The highest BCUT2D eigenvalue weighted by molar-refractivity contribution is 5.96. The Morgan fingerprint density at radius 2 is 2.00 bits per heavy atom. The number of pyridine rings is 1. The number of ether oxygens (including phenoxy) is 1. The van der Waals surface area contributed by atoms with Crippen molar-refractivity contribution in [3.8, 4) is 5.75 Å². The smallest absolute Gasteiger partial charge is 0.251 e. The van der Waals surface area contributed by atoms with Gasteiger partial charge in [-0.15, -0.1) is 0 Å². The number of benzene rings is 1. The molecule has 1 heterocycles. The summed E-state index contributed by atoms with van der Waals surface area (Å²) < 4.78 is 5.05. The largest absolute Gasteiger partial charge is 0.497 e. The third kappa shape index (κ3) is 4.59. The number of nitrogens with one attached hydrogen (secondary N) is 2. The van der Waals surface area contributed by atoms with Crippen molar-refractivity contribution in [2.75, 3.05) is 13.7 Å². The van der Waals surface area contributed by atoms with Gasteiger partial charge < -0.3 is 15.4 Å². The highest BCUT2D eigenvalue weighted by atomic mass is 16.5. The second kappa shape index (κ2) is 7.78. The fourth-order valence-electron chi connectivity index (χ4n) is 1.78. The number of carbonyl (C=O) groups is 2. The third-order valence-electron chi connectivity index (χ3n) is 2.93. The van der Waals surface area contributed by atoms with Crippen LogP contribution in [0.2, 0.25) is 0 Å². The van der Waals surface area contributed by atoms with E-state index < -0.39 is 0 Å². The Labute approximate surface area is 128 Å². The molecular formula is C16H17N3O3. The topological polar surface area (TPSA) is 80.3 Å². The van der Waals surface area contributed by atoms with E-state index in [0.717, 1.165) is 5.69 Å². The summed E-state index contributed by atoms with van der Waals surface area (Å²) in [6, 6.07) is 12.2. The van der Waals surface area contributed by atoms with Crippen molar-refractivity contribution < 1.29 is 14.3 Å². The number of hydrogen-bond donors (Lipinski definition) is 2. The van der Waals surface area contributed by atoms with Crippen LogP contribution >= 0.6 is 0 Å². The van der Waals surface area contributed by atoms with Gasteiger partial charge in [-0.3, -0.25) is 14.6 Å². The number of aromatic nitrogens is 1. The first-order valence-electron chi connectivity index (χ1n) is 6.78. The second-order valence-corrected chi connectivity index (χ2v) is 4.51. The van der Waals surface area contributed by atoms with Gasteiger partial charge in [0.1, 0.15) is 5.75 Å². The van der Waals surface area contributed by atoms with E-state index in [-0.39, 0.29) is 18.4 Å². The number of nitrogens with zero attached hydrogens (tertiary/aromatic N) is 1. The van der Waals surface area contributed by atoms with Crippen LogP contribution in [0.5, 0.6) is 5.75 Å². The fourth-order valence-corrected chi connectivity index (χ4v) is 1.78. The SMILES string of the molecule is COc1cccc(C(=O)NCC(=O)NCc2ccccn2)c1. The van der Waals surface area contributed by atoms with Crippen molar-refractivity contribution in [2.45, 2.75) is 6.54 Å². The van der Waals surface area contributed by atoms with Crippen molar-refractivity contribution in [1.29, 1.82) is 0 Å². The standard InChI is InChI=1S/C16H17N3O3/c1-22-14-7-4-5-12(9-14)16(21)19-11-15(20)18-10-13-6-2-3-8-17-13/h2-9H,10-11H2,1H3,(H,18,20)(H,19,21). The van der Waals surface area contributed by atoms with Crippen molar-refractivity contribution in [1.82, 2.24) is 15.6 Å². The molecule has 2 aromatic rings. The molecule has 0 fully saturated rings. The molecule has 0 radical (unpaired) electrons. The highest BCUT2D eigenvalue weighted by Crippen LogP contribution is 2.12. The minimum absolute atomic E-state index is 0.0944. The van der Waals surface area contributed by atoms with Crippen LogP contribution in [0.1, 0.15) is 16.1 Å². The van der Waals surface area contributed by atoms with Crippen LogP contribution in [0.25, 0.3) is 0 Å². The van der Waals surface area contributed by atoms with Crippen LogP contribution in [0.3, 0.4) is 0 Å². The van der Waals surface area contributed by atoms with Crippen molar-refractivity contribution >= 4 is 11.8 Å². The number of amides is 2. The van der Waals surface area contributed by atoms with Gasteiger partial charge in [-0.1, -0.05) is 12.1 Å². The molecule has 0 aliphatic carbocycles. The maximum atomic E-state index is 11.9. The maximum Gasteiger partial charge on any atom is 0.251 e. The Hall–Kier alpha value is -2.89. The zero-order chi connectivity index (χ0) is 15.8. The Balaban J connectivity index is 1.79. The minimum Gasteiger partial charge on any atom is -0.497 e. The molecule has 0 saturated carbocycles. The quantitative estimate of drug-likeness (QED) is 0.838. The van der Waals surface area contributed by atoms with E-state index in [1.54, 1.807) is 36.5 Å². The van der Waals surface area contributed by atoms with Gasteiger partial charge in [0.05, 0.1) is 25.9 Å². The molecule has 0 unspecified atom stereocenters. The Bertz CT molecular complexity index is 644. The molecule has 0 saturated heterocycles. The molecule has 0 bridgehead atoms. The molecule has 1 aromatic heterocycles. The van der Waals surface area contributed by atoms with Gasteiger partial charge in [0.15, 0.2) is 0 Å². The van der Waals surface area contributed by atoms with Crippen LogP contribution in [0.15, 0.2) is 48.7 Å². The normalized spacial score (nSPS) is 9.86. The Morgan fingerprint density at radius 3 is 2.73 bits per heavy atom. The van der Waals surface area contributed by atoms with E-state index in [0.29, 0.717) is 17.9 Å². The van der Waals surface area contributed by atoms with Crippen LogP contribution in [-0.4, -0.2) is 30.5 Å². The highest BCUT2D eigenvalue weighted by Gasteiger charge is 2.08. The van der Waals surface area contributed by atoms with E-state index in [2.05, 4.69) is 15.6 Å². The average Bonchev–Trinajstić information content (AvgIpc) is 2.58. The lowest BCUT2D eigenvalue weighted by Gasteiger charge is -2.07. The predicted molar refractivity (Wildman–Crippen MR) is 81.4 cm³/mol. The van der Waals surface area contributed by atoms with Crippen LogP contribution in [0, 0.1) is 0 Å². The summed E-state index contributed by atoms with van der Waals surface area (Å²) in [7, 11) is 1.53. The van der Waals surface area contributed by atoms with Gasteiger partial charge in [-0.25, -0.2) is 0 Å². The summed E-state index contributed by atoms with van der Waals surface area (Å²) in [6.07, 6.45) is 1.66. The summed E-state index contributed by atoms with van der Waals surface area (Å²) in [5.41, 5.74) is 1.20. The lowest BCUT2D eigenvalue weighted by Crippen LogP contribution is -2.36. The van der Waals surface area contributed by atoms with Crippen molar-refractivity contribution in [3.05, 3.63) is 59.9 Å². The van der Waals surface area contributed by atoms with Gasteiger partial charge in [0, 0.05) is 11.8 Å². The number of methoxy groups -OCH3 is 1. The summed E-state index contributed by atoms with van der Waals surface area (Å²) in [5.74, 6) is -0.0129. The zero-order valence-corrected chi connectivity index (χ0v) is 12.2. The molecule has 0 aliphatic heterocycles. The molecule has 0 aliphatic rings. The predicted octanol–water partition coefficient (Wildman–Crippen LogP) is 1.14. The third-order valence-corrected chi connectivity index (χ3v) is 2.93. The first kappa shape index (κ1) is 15.5. The van der Waals surface area contributed by atoms with Crippen LogP contribution in [-0.2, 0) is 11.3 Å². The van der Waals surface area contributed by atoms with Gasteiger partial charge in [-0.2, -0.15) is 0 Å². The van der Waals surface area contributed by atoms with Gasteiger partial charge in [0.2, 0.25) is 5.91 Å². The lowest BCUT2D eigenvalue weighted by molar-refractivity contribution is -0.120.